The Morgan fingerprint density at radius 1 is 0.650 bits per heavy atom. The summed E-state index contributed by atoms with van der Waals surface area (Å²) in [5.41, 5.74) is 1.88. The molecule has 0 aliphatic carbocycles. The normalized spacial score (nSPS) is 11.9. The fourth-order valence-corrected chi connectivity index (χ4v) is 2.53. The molecular weight excluding hydrogens is 256 g/mol. The molecule has 0 aromatic heterocycles. The minimum atomic E-state index is 0.00173. The van der Waals surface area contributed by atoms with E-state index >= 15 is 0 Å². The van der Waals surface area contributed by atoms with Crippen LogP contribution in [0.4, 0.5) is 0 Å². The maximum Gasteiger partial charge on any atom is 0.198 e. The third kappa shape index (κ3) is 1.36. The van der Waals surface area contributed by atoms with Gasteiger partial charge in [0.15, 0.2) is 22.4 Å². The second-order valence-corrected chi connectivity index (χ2v) is 5.09. The summed E-state index contributed by atoms with van der Waals surface area (Å²) in [4.78, 5) is 33.6. The highest BCUT2D eigenvalue weighted by molar-refractivity contribution is 6.05. The zero-order chi connectivity index (χ0) is 14.0. The highest BCUT2D eigenvalue weighted by atomic mass is 17.2. The highest BCUT2D eigenvalue weighted by Crippen LogP contribution is 2.33. The van der Waals surface area contributed by atoms with Gasteiger partial charge in [-0.2, -0.15) is 0 Å². The van der Waals surface area contributed by atoms with Gasteiger partial charge < -0.3 is 0 Å². The van der Waals surface area contributed by atoms with E-state index in [1.165, 1.54) is 0 Å². The number of hydrogen-bond donors (Lipinski definition) is 0. The van der Waals surface area contributed by atoms with E-state index < -0.39 is 0 Å². The van der Waals surface area contributed by atoms with Crippen LogP contribution in [0, 0.1) is 13.8 Å². The fraction of sp³-hybridized carbons (Fsp3) is 0.125. The summed E-state index contributed by atoms with van der Waals surface area (Å²) in [6, 6.07) is 7.03. The quantitative estimate of drug-likeness (QED) is 0.422. The zero-order valence-electron chi connectivity index (χ0n) is 10.9. The molecule has 0 saturated heterocycles. The predicted octanol–water partition coefficient (Wildman–Crippen LogP) is 2.45. The van der Waals surface area contributed by atoms with Gasteiger partial charge >= 0.3 is 0 Å². The van der Waals surface area contributed by atoms with E-state index in [1.807, 2.05) is 26.0 Å². The predicted molar refractivity (Wildman–Crippen MR) is 75.9 cm³/mol. The topological polar surface area (TPSA) is 52.6 Å². The summed E-state index contributed by atoms with van der Waals surface area (Å²) in [7, 11) is 0. The lowest BCUT2D eigenvalue weighted by Gasteiger charge is -2.04. The van der Waals surface area contributed by atoms with Crippen LogP contribution < -0.4 is 20.6 Å². The summed E-state index contributed by atoms with van der Waals surface area (Å²) in [5, 5.41) is 2.57. The average molecular weight is 266 g/mol. The first-order chi connectivity index (χ1) is 9.59. The molecule has 0 fully saturated rings. The van der Waals surface area contributed by atoms with Crippen molar-refractivity contribution in [2.45, 2.75) is 13.8 Å². The van der Waals surface area contributed by atoms with Crippen LogP contribution in [0.3, 0.4) is 0 Å². The minimum Gasteiger partial charge on any atom is -0.289 e. The van der Waals surface area contributed by atoms with Gasteiger partial charge in [0.1, 0.15) is 0 Å². The van der Waals surface area contributed by atoms with Crippen molar-refractivity contribution in [1.82, 2.24) is 0 Å². The van der Waals surface area contributed by atoms with Crippen LogP contribution in [0.5, 0.6) is 11.5 Å². The molecule has 4 aromatic rings. The number of fused-ring (bicyclic) bond motifs is 2. The first-order valence-electron chi connectivity index (χ1n) is 6.30. The third-order valence-electron chi connectivity index (χ3n) is 3.76. The van der Waals surface area contributed by atoms with Gasteiger partial charge in [-0.1, -0.05) is 12.1 Å². The number of rotatable bonds is 3. The number of aryl methyl sites for hydroxylation is 2. The van der Waals surface area contributed by atoms with Crippen molar-refractivity contribution < 1.29 is 9.78 Å². The van der Waals surface area contributed by atoms with Crippen LogP contribution in [0.15, 0.2) is 33.9 Å². The SMILES string of the molecule is Cc1ccc(OOc2ccc(C)c3c(=O)c23)c2c(=O)c12. The molecule has 0 amide bonds. The standard InChI is InChI=1S/C16H10O4/c1-7-3-5-9(13-11(7)15(13)17)19-20-10-6-4-8(2)12-14(10)16(12)18/h3-6H,1-2H3. The Hall–Kier alpha value is -2.62. The molecule has 0 aliphatic rings. The van der Waals surface area contributed by atoms with Crippen molar-refractivity contribution in [2.75, 3.05) is 0 Å². The number of hydrogen-bond acceptors (Lipinski definition) is 4. The van der Waals surface area contributed by atoms with E-state index in [1.54, 1.807) is 12.1 Å². The van der Waals surface area contributed by atoms with E-state index in [2.05, 4.69) is 0 Å². The lowest BCUT2D eigenvalue weighted by atomic mass is 10.2. The second-order valence-electron chi connectivity index (χ2n) is 5.09. The molecule has 0 spiro atoms. The van der Waals surface area contributed by atoms with Crippen molar-refractivity contribution >= 4 is 21.5 Å². The molecule has 98 valence electrons. The van der Waals surface area contributed by atoms with Crippen LogP contribution in [-0.4, -0.2) is 0 Å². The van der Waals surface area contributed by atoms with Crippen molar-refractivity contribution in [1.29, 1.82) is 0 Å². The van der Waals surface area contributed by atoms with Crippen LogP contribution in [0.1, 0.15) is 11.1 Å². The Balaban J connectivity index is 1.65. The Morgan fingerprint density at radius 2 is 1.05 bits per heavy atom. The maximum absolute atomic E-state index is 11.6. The molecule has 0 heterocycles. The maximum atomic E-state index is 11.6. The lowest BCUT2D eigenvalue weighted by molar-refractivity contribution is -0.0966. The Labute approximate surface area is 113 Å². The zero-order valence-corrected chi connectivity index (χ0v) is 10.9. The summed E-state index contributed by atoms with van der Waals surface area (Å²) in [6.07, 6.45) is 0. The van der Waals surface area contributed by atoms with Crippen molar-refractivity contribution in [2.24, 2.45) is 0 Å². The van der Waals surface area contributed by atoms with Gasteiger partial charge in [-0.05, 0) is 37.1 Å². The van der Waals surface area contributed by atoms with E-state index in [0.29, 0.717) is 33.0 Å². The van der Waals surface area contributed by atoms with Gasteiger partial charge in [0.2, 0.25) is 0 Å². The van der Waals surface area contributed by atoms with Crippen LogP contribution in [-0.2, 0) is 0 Å². The summed E-state index contributed by atoms with van der Waals surface area (Å²) >= 11 is 0. The van der Waals surface area contributed by atoms with E-state index in [4.69, 9.17) is 9.78 Å². The van der Waals surface area contributed by atoms with E-state index in [0.717, 1.165) is 11.1 Å². The monoisotopic (exact) mass is 266 g/mol. The summed E-state index contributed by atoms with van der Waals surface area (Å²) in [6.45, 7) is 3.76. The van der Waals surface area contributed by atoms with Gasteiger partial charge in [0, 0.05) is 10.8 Å². The summed E-state index contributed by atoms with van der Waals surface area (Å²) < 4.78 is 0. The Bertz CT molecular complexity index is 922. The average Bonchev–Trinajstić information content (AvgIpc) is 3.29. The largest absolute Gasteiger partial charge is 0.289 e. The molecule has 0 bridgehead atoms. The molecular formula is C16H10O4. The van der Waals surface area contributed by atoms with Crippen molar-refractivity contribution in [3.05, 3.63) is 55.8 Å². The molecule has 0 atom stereocenters. The lowest BCUT2D eigenvalue weighted by Crippen LogP contribution is -2.00. The molecule has 0 aliphatic heterocycles. The smallest absolute Gasteiger partial charge is 0.198 e. The third-order valence-corrected chi connectivity index (χ3v) is 3.76. The molecule has 0 saturated carbocycles. The van der Waals surface area contributed by atoms with Gasteiger partial charge in [-0.25, -0.2) is 0 Å². The van der Waals surface area contributed by atoms with Crippen molar-refractivity contribution in [3.8, 4) is 11.5 Å². The molecule has 0 N–H and O–H groups in total. The highest BCUT2D eigenvalue weighted by Gasteiger charge is 2.24. The first kappa shape index (κ1) is 11.2. The van der Waals surface area contributed by atoms with Gasteiger partial charge in [0.25, 0.3) is 0 Å². The van der Waals surface area contributed by atoms with Gasteiger partial charge in [0.05, 0.1) is 10.8 Å². The van der Waals surface area contributed by atoms with Crippen molar-refractivity contribution in [3.63, 3.8) is 0 Å². The Kier molecular flexibility index (Phi) is 1.95. The molecule has 4 rings (SSSR count). The van der Waals surface area contributed by atoms with Crippen LogP contribution in [0.25, 0.3) is 21.5 Å². The van der Waals surface area contributed by atoms with Gasteiger partial charge in [-0.3, -0.25) is 19.4 Å². The van der Waals surface area contributed by atoms with Crippen LogP contribution in [0.2, 0.25) is 0 Å². The number of benzene rings is 2. The molecule has 4 heteroatoms. The molecule has 4 nitrogen and oxygen atoms in total. The first-order valence-corrected chi connectivity index (χ1v) is 6.30. The van der Waals surface area contributed by atoms with E-state index in [-0.39, 0.29) is 10.9 Å². The summed E-state index contributed by atoms with van der Waals surface area (Å²) in [5.74, 6) is 0.802. The fourth-order valence-electron chi connectivity index (χ4n) is 2.53. The molecule has 4 aromatic carbocycles. The minimum absolute atomic E-state index is 0.00173. The van der Waals surface area contributed by atoms with Crippen LogP contribution >= 0.6 is 0 Å². The second kappa shape index (κ2) is 3.48. The van der Waals surface area contributed by atoms with E-state index in [9.17, 15) is 9.59 Å². The molecule has 20 heavy (non-hydrogen) atoms. The molecule has 0 unspecified atom stereocenters. The van der Waals surface area contributed by atoms with Gasteiger partial charge in [-0.15, -0.1) is 0 Å². The molecule has 0 radical (unpaired) electrons. The Morgan fingerprint density at radius 3 is 1.45 bits per heavy atom.